The first-order valence-electron chi connectivity index (χ1n) is 7.74. The predicted octanol–water partition coefficient (Wildman–Crippen LogP) is 4.38. The lowest BCUT2D eigenvalue weighted by molar-refractivity contribution is 0.217. The van der Waals surface area contributed by atoms with Crippen LogP contribution in [0.3, 0.4) is 0 Å². The highest BCUT2D eigenvalue weighted by molar-refractivity contribution is 5.82. The number of para-hydroxylation sites is 1. The summed E-state index contributed by atoms with van der Waals surface area (Å²) >= 11 is 0. The smallest absolute Gasteiger partial charge is 0.128 e. The Morgan fingerprint density at radius 2 is 1.83 bits per heavy atom. The molecule has 0 atom stereocenters. The fourth-order valence-corrected chi connectivity index (χ4v) is 2.48. The Kier molecular flexibility index (Phi) is 6.03. The summed E-state index contributed by atoms with van der Waals surface area (Å²) < 4.78 is 11.4. The predicted molar refractivity (Wildman–Crippen MR) is 92.1 cm³/mol. The van der Waals surface area contributed by atoms with E-state index in [-0.39, 0.29) is 0 Å². The van der Waals surface area contributed by atoms with E-state index in [4.69, 9.17) is 14.7 Å². The molecule has 2 rings (SSSR count). The average molecular weight is 313 g/mol. The van der Waals surface area contributed by atoms with E-state index in [9.17, 15) is 0 Å². The molecule has 2 aromatic rings. The van der Waals surface area contributed by atoms with Crippen molar-refractivity contribution in [3.8, 4) is 11.5 Å². The Hall–Kier alpha value is -2.49. The van der Waals surface area contributed by atoms with E-state index in [1.807, 2.05) is 30.3 Å². The van der Waals surface area contributed by atoms with E-state index in [0.29, 0.717) is 24.9 Å². The Morgan fingerprint density at radius 1 is 1.09 bits per heavy atom. The van der Waals surface area contributed by atoms with Crippen molar-refractivity contribution in [1.29, 1.82) is 0 Å². The Balaban J connectivity index is 1.87. The average Bonchev–Trinajstić information content (AvgIpc) is 2.53. The Morgan fingerprint density at radius 3 is 2.52 bits per heavy atom. The zero-order chi connectivity index (χ0) is 16.7. The molecule has 0 fully saturated rings. The number of oxime groups is 1. The van der Waals surface area contributed by atoms with Gasteiger partial charge in [0.05, 0.1) is 6.21 Å². The number of hydrogen-bond acceptors (Lipinski definition) is 4. The summed E-state index contributed by atoms with van der Waals surface area (Å²) in [6.07, 6.45) is 1.35. The molecule has 0 heterocycles. The van der Waals surface area contributed by atoms with Crippen LogP contribution in [0.1, 0.15) is 36.5 Å². The quantitative estimate of drug-likeness (QED) is 0.357. The van der Waals surface area contributed by atoms with Crippen LogP contribution in [0, 0.1) is 6.92 Å². The zero-order valence-corrected chi connectivity index (χ0v) is 13.8. The van der Waals surface area contributed by atoms with E-state index in [2.05, 4.69) is 38.1 Å². The normalized spacial score (nSPS) is 11.1. The van der Waals surface area contributed by atoms with Crippen LogP contribution in [-0.2, 0) is 0 Å². The molecular formula is C19H23NO3. The fraction of sp³-hybridized carbons (Fsp3) is 0.316. The van der Waals surface area contributed by atoms with Gasteiger partial charge in [-0.15, -0.1) is 0 Å². The summed E-state index contributed by atoms with van der Waals surface area (Å²) in [6.45, 7) is 7.34. The zero-order valence-electron chi connectivity index (χ0n) is 13.8. The van der Waals surface area contributed by atoms with Gasteiger partial charge in [-0.2, -0.15) is 0 Å². The summed E-state index contributed by atoms with van der Waals surface area (Å²) in [5.41, 5.74) is 3.31. The fourth-order valence-electron chi connectivity index (χ4n) is 2.48. The summed E-state index contributed by atoms with van der Waals surface area (Å²) in [4.78, 5) is 0. The van der Waals surface area contributed by atoms with Crippen LogP contribution in [-0.4, -0.2) is 24.6 Å². The maximum Gasteiger partial charge on any atom is 0.128 e. The number of hydrogen-bond donors (Lipinski definition) is 1. The van der Waals surface area contributed by atoms with Gasteiger partial charge in [-0.3, -0.25) is 0 Å². The van der Waals surface area contributed by atoms with Gasteiger partial charge in [0, 0.05) is 5.56 Å². The molecule has 0 radical (unpaired) electrons. The first-order chi connectivity index (χ1) is 11.1. The third kappa shape index (κ3) is 4.74. The van der Waals surface area contributed by atoms with Crippen molar-refractivity contribution in [3.63, 3.8) is 0 Å². The number of ether oxygens (including phenoxy) is 2. The van der Waals surface area contributed by atoms with Gasteiger partial charge in [0.2, 0.25) is 0 Å². The molecule has 0 aliphatic rings. The van der Waals surface area contributed by atoms with Gasteiger partial charge in [-0.1, -0.05) is 37.2 Å². The van der Waals surface area contributed by atoms with E-state index < -0.39 is 0 Å². The number of nitrogens with zero attached hydrogens (tertiary/aromatic N) is 1. The van der Waals surface area contributed by atoms with Crippen molar-refractivity contribution < 1.29 is 14.7 Å². The van der Waals surface area contributed by atoms with Gasteiger partial charge < -0.3 is 14.7 Å². The minimum absolute atomic E-state index is 0.418. The van der Waals surface area contributed by atoms with Crippen molar-refractivity contribution in [2.24, 2.45) is 5.16 Å². The van der Waals surface area contributed by atoms with Crippen LogP contribution in [0.2, 0.25) is 0 Å². The molecule has 0 spiro atoms. The molecule has 0 aliphatic heterocycles. The first-order valence-corrected chi connectivity index (χ1v) is 7.74. The topological polar surface area (TPSA) is 51.0 Å². The number of aryl methyl sites for hydroxylation is 1. The van der Waals surface area contributed by atoms with Gasteiger partial charge in [0.25, 0.3) is 0 Å². The van der Waals surface area contributed by atoms with E-state index in [0.717, 1.165) is 11.3 Å². The van der Waals surface area contributed by atoms with Crippen LogP contribution in [0.15, 0.2) is 47.6 Å². The molecule has 122 valence electrons. The van der Waals surface area contributed by atoms with Crippen LogP contribution in [0.5, 0.6) is 11.5 Å². The van der Waals surface area contributed by atoms with Crippen LogP contribution >= 0.6 is 0 Å². The van der Waals surface area contributed by atoms with Crippen molar-refractivity contribution in [1.82, 2.24) is 0 Å². The molecule has 0 amide bonds. The summed E-state index contributed by atoms with van der Waals surface area (Å²) in [5, 5.41) is 11.7. The molecule has 0 saturated carbocycles. The van der Waals surface area contributed by atoms with E-state index in [1.165, 1.54) is 17.3 Å². The summed E-state index contributed by atoms with van der Waals surface area (Å²) in [7, 11) is 0. The molecule has 0 aliphatic carbocycles. The minimum atomic E-state index is 0.418. The van der Waals surface area contributed by atoms with E-state index in [1.54, 1.807) is 0 Å². The number of rotatable bonds is 7. The van der Waals surface area contributed by atoms with E-state index >= 15 is 0 Å². The van der Waals surface area contributed by atoms with Crippen molar-refractivity contribution in [3.05, 3.63) is 59.2 Å². The van der Waals surface area contributed by atoms with Crippen LogP contribution in [0.4, 0.5) is 0 Å². The summed E-state index contributed by atoms with van der Waals surface area (Å²) in [5.74, 6) is 2.03. The largest absolute Gasteiger partial charge is 0.490 e. The monoisotopic (exact) mass is 313 g/mol. The highest BCUT2D eigenvalue weighted by Crippen LogP contribution is 2.23. The highest BCUT2D eigenvalue weighted by atomic mass is 16.5. The highest BCUT2D eigenvalue weighted by Gasteiger charge is 2.05. The molecule has 0 saturated heterocycles. The van der Waals surface area contributed by atoms with Crippen molar-refractivity contribution in [2.75, 3.05) is 13.2 Å². The second kappa shape index (κ2) is 8.22. The molecule has 0 aromatic heterocycles. The van der Waals surface area contributed by atoms with Gasteiger partial charge in [-0.05, 0) is 48.2 Å². The molecular weight excluding hydrogens is 290 g/mol. The molecule has 4 heteroatoms. The second-order valence-corrected chi connectivity index (χ2v) is 5.65. The lowest BCUT2D eigenvalue weighted by atomic mass is 9.98. The Bertz CT molecular complexity index is 665. The third-order valence-electron chi connectivity index (χ3n) is 3.59. The van der Waals surface area contributed by atoms with Crippen molar-refractivity contribution in [2.45, 2.75) is 26.7 Å². The molecule has 0 unspecified atom stereocenters. The van der Waals surface area contributed by atoms with Crippen molar-refractivity contribution >= 4 is 6.21 Å². The first kappa shape index (κ1) is 16.9. The van der Waals surface area contributed by atoms with Crippen LogP contribution in [0.25, 0.3) is 0 Å². The summed E-state index contributed by atoms with van der Waals surface area (Å²) in [6, 6.07) is 13.6. The SMILES string of the molecule is Cc1cc(OCCOc2ccccc2C=NO)ccc1C(C)C. The van der Waals surface area contributed by atoms with Gasteiger partial charge >= 0.3 is 0 Å². The maximum atomic E-state index is 8.64. The lowest BCUT2D eigenvalue weighted by Crippen LogP contribution is -2.10. The molecule has 23 heavy (non-hydrogen) atoms. The molecule has 2 aromatic carbocycles. The second-order valence-electron chi connectivity index (χ2n) is 5.65. The molecule has 4 nitrogen and oxygen atoms in total. The van der Waals surface area contributed by atoms with Crippen LogP contribution < -0.4 is 9.47 Å². The van der Waals surface area contributed by atoms with Gasteiger partial charge in [0.1, 0.15) is 24.7 Å². The maximum absolute atomic E-state index is 8.64. The van der Waals surface area contributed by atoms with Gasteiger partial charge in [-0.25, -0.2) is 0 Å². The molecule has 0 bridgehead atoms. The number of benzene rings is 2. The van der Waals surface area contributed by atoms with Gasteiger partial charge in [0.15, 0.2) is 0 Å². The molecule has 1 N–H and O–H groups in total. The minimum Gasteiger partial charge on any atom is -0.490 e. The standard InChI is InChI=1S/C19H23NO3/c1-14(2)18-9-8-17(12-15(18)3)22-10-11-23-19-7-5-4-6-16(19)13-20-21/h4-9,12-14,21H,10-11H2,1-3H3. The lowest BCUT2D eigenvalue weighted by Gasteiger charge is -2.13. The third-order valence-corrected chi connectivity index (χ3v) is 3.59. The Labute approximate surface area is 137 Å².